The van der Waals surface area contributed by atoms with Crippen molar-refractivity contribution >= 4 is 41.0 Å². The predicted molar refractivity (Wildman–Crippen MR) is 110 cm³/mol. The van der Waals surface area contributed by atoms with Crippen LogP contribution in [0.4, 0.5) is 0 Å². The number of oxime groups is 1. The van der Waals surface area contributed by atoms with E-state index in [1.54, 1.807) is 54.6 Å². The third-order valence-electron chi connectivity index (χ3n) is 3.77. The number of imide groups is 1. The molecule has 0 aliphatic heterocycles. The van der Waals surface area contributed by atoms with Crippen LogP contribution in [0, 0.1) is 0 Å². The lowest BCUT2D eigenvalue weighted by atomic mass is 10.0. The molecular weight excluding hydrogens is 392 g/mol. The minimum atomic E-state index is -0.721. The van der Waals surface area contributed by atoms with Crippen molar-refractivity contribution in [3.63, 3.8) is 0 Å². The molecule has 0 radical (unpaired) electrons. The molecule has 0 aliphatic rings. The maximum absolute atomic E-state index is 12.8. The molecule has 150 valence electrons. The third-order valence-corrected chi connectivity index (χ3v) is 4.51. The molecule has 2 amide bonds. The molecule has 0 atom stereocenters. The SMILES string of the molecule is CSc1ccc(C(=O)C(CCC(=O)NC(C)=O)=NOC(=O)c2ccccc2)cc1. The summed E-state index contributed by atoms with van der Waals surface area (Å²) >= 11 is 1.53. The highest BCUT2D eigenvalue weighted by Crippen LogP contribution is 2.16. The Morgan fingerprint density at radius 2 is 1.59 bits per heavy atom. The fourth-order valence-electron chi connectivity index (χ4n) is 2.32. The summed E-state index contributed by atoms with van der Waals surface area (Å²) in [4.78, 5) is 53.5. The second kappa shape index (κ2) is 10.9. The molecule has 0 unspecified atom stereocenters. The normalized spacial score (nSPS) is 10.9. The number of carbonyl (C=O) groups excluding carboxylic acids is 4. The lowest BCUT2D eigenvalue weighted by Gasteiger charge is -2.07. The van der Waals surface area contributed by atoms with Crippen molar-refractivity contribution in [2.24, 2.45) is 5.16 Å². The Hall–Kier alpha value is -3.26. The molecule has 0 saturated carbocycles. The van der Waals surface area contributed by atoms with Crippen molar-refractivity contribution in [2.75, 3.05) is 6.26 Å². The Morgan fingerprint density at radius 3 is 2.17 bits per heavy atom. The van der Waals surface area contributed by atoms with Crippen LogP contribution >= 0.6 is 11.8 Å². The Balaban J connectivity index is 2.18. The second-order valence-electron chi connectivity index (χ2n) is 5.94. The molecule has 0 aromatic heterocycles. The fourth-order valence-corrected chi connectivity index (χ4v) is 2.73. The molecule has 0 bridgehead atoms. The van der Waals surface area contributed by atoms with Gasteiger partial charge >= 0.3 is 5.97 Å². The van der Waals surface area contributed by atoms with Gasteiger partial charge in [0, 0.05) is 30.2 Å². The number of nitrogens with one attached hydrogen (secondary N) is 1. The summed E-state index contributed by atoms with van der Waals surface area (Å²) in [6.07, 6.45) is 1.67. The molecule has 29 heavy (non-hydrogen) atoms. The van der Waals surface area contributed by atoms with Crippen LogP contribution < -0.4 is 5.32 Å². The quantitative estimate of drug-likeness (QED) is 0.235. The minimum absolute atomic E-state index is 0.0927. The summed E-state index contributed by atoms with van der Waals surface area (Å²) in [7, 11) is 0. The van der Waals surface area contributed by atoms with Crippen LogP contribution in [0.2, 0.25) is 0 Å². The van der Waals surface area contributed by atoms with Gasteiger partial charge in [-0.05, 0) is 42.7 Å². The van der Waals surface area contributed by atoms with Crippen LogP contribution in [0.25, 0.3) is 0 Å². The summed E-state index contributed by atoms with van der Waals surface area (Å²) in [6.45, 7) is 1.22. The molecule has 2 rings (SSSR count). The van der Waals surface area contributed by atoms with Gasteiger partial charge in [-0.2, -0.15) is 0 Å². The minimum Gasteiger partial charge on any atom is -0.312 e. The van der Waals surface area contributed by atoms with Crippen LogP contribution in [0.5, 0.6) is 0 Å². The molecule has 0 heterocycles. The number of thioether (sulfide) groups is 1. The van der Waals surface area contributed by atoms with Crippen molar-refractivity contribution in [1.29, 1.82) is 0 Å². The summed E-state index contributed by atoms with van der Waals surface area (Å²) in [5.41, 5.74) is 0.538. The molecule has 0 aliphatic carbocycles. The first kappa shape index (κ1) is 22.0. The van der Waals surface area contributed by atoms with Gasteiger partial charge in [0.15, 0.2) is 0 Å². The monoisotopic (exact) mass is 412 g/mol. The van der Waals surface area contributed by atoms with Gasteiger partial charge in [0.1, 0.15) is 5.71 Å². The van der Waals surface area contributed by atoms with Crippen LogP contribution in [0.1, 0.15) is 40.5 Å². The van der Waals surface area contributed by atoms with E-state index in [0.717, 1.165) is 4.90 Å². The predicted octanol–water partition coefficient (Wildman–Crippen LogP) is 3.25. The Bertz CT molecular complexity index is 924. The highest BCUT2D eigenvalue weighted by Gasteiger charge is 2.18. The highest BCUT2D eigenvalue weighted by molar-refractivity contribution is 7.98. The van der Waals surface area contributed by atoms with Crippen LogP contribution in [-0.4, -0.2) is 35.5 Å². The van der Waals surface area contributed by atoms with Gasteiger partial charge in [0.2, 0.25) is 17.6 Å². The van der Waals surface area contributed by atoms with Gasteiger partial charge in [-0.3, -0.25) is 19.7 Å². The molecular formula is C21H20N2O5S. The number of ketones is 1. The number of benzene rings is 2. The smallest absolute Gasteiger partial charge is 0.312 e. The summed E-state index contributed by atoms with van der Waals surface area (Å²) in [6, 6.07) is 15.1. The van der Waals surface area contributed by atoms with Crippen molar-refractivity contribution in [3.8, 4) is 0 Å². The lowest BCUT2D eigenvalue weighted by Crippen LogP contribution is -2.29. The molecule has 0 saturated heterocycles. The first-order chi connectivity index (χ1) is 13.9. The van der Waals surface area contributed by atoms with Gasteiger partial charge < -0.3 is 4.84 Å². The number of amides is 2. The van der Waals surface area contributed by atoms with Crippen molar-refractivity contribution in [3.05, 3.63) is 65.7 Å². The highest BCUT2D eigenvalue weighted by atomic mass is 32.2. The zero-order valence-electron chi connectivity index (χ0n) is 16.0. The van der Waals surface area contributed by atoms with E-state index >= 15 is 0 Å². The molecule has 0 fully saturated rings. The Morgan fingerprint density at radius 1 is 0.931 bits per heavy atom. The van der Waals surface area contributed by atoms with E-state index in [4.69, 9.17) is 4.84 Å². The van der Waals surface area contributed by atoms with Crippen molar-refractivity contribution in [1.82, 2.24) is 5.32 Å². The fraction of sp³-hybridized carbons (Fsp3) is 0.190. The van der Waals surface area contributed by atoms with E-state index in [1.807, 2.05) is 6.26 Å². The molecule has 8 heteroatoms. The molecule has 2 aromatic carbocycles. The summed E-state index contributed by atoms with van der Waals surface area (Å²) in [5, 5.41) is 5.85. The van der Waals surface area contributed by atoms with E-state index in [9.17, 15) is 19.2 Å². The van der Waals surface area contributed by atoms with E-state index in [0.29, 0.717) is 5.56 Å². The van der Waals surface area contributed by atoms with Gasteiger partial charge in [0.05, 0.1) is 5.56 Å². The number of Topliss-reactive ketones (excluding diaryl/α,β-unsaturated/α-hetero) is 1. The van der Waals surface area contributed by atoms with Crippen molar-refractivity contribution < 1.29 is 24.0 Å². The van der Waals surface area contributed by atoms with Crippen LogP contribution in [0.3, 0.4) is 0 Å². The van der Waals surface area contributed by atoms with E-state index in [1.165, 1.54) is 18.7 Å². The third kappa shape index (κ3) is 7.00. The first-order valence-corrected chi connectivity index (χ1v) is 9.95. The average Bonchev–Trinajstić information content (AvgIpc) is 2.73. The largest absolute Gasteiger partial charge is 0.365 e. The zero-order chi connectivity index (χ0) is 21.2. The van der Waals surface area contributed by atoms with Crippen LogP contribution in [-0.2, 0) is 14.4 Å². The van der Waals surface area contributed by atoms with Gasteiger partial charge in [0.25, 0.3) is 0 Å². The van der Waals surface area contributed by atoms with Gasteiger partial charge in [-0.1, -0.05) is 23.4 Å². The number of nitrogens with zero attached hydrogens (tertiary/aromatic N) is 1. The topological polar surface area (TPSA) is 102 Å². The van der Waals surface area contributed by atoms with Crippen molar-refractivity contribution in [2.45, 2.75) is 24.7 Å². The Labute approximate surface area is 172 Å². The Kier molecular flexibility index (Phi) is 8.29. The van der Waals surface area contributed by atoms with E-state index < -0.39 is 23.6 Å². The van der Waals surface area contributed by atoms with Gasteiger partial charge in [-0.25, -0.2) is 4.79 Å². The van der Waals surface area contributed by atoms with E-state index in [-0.39, 0.29) is 24.1 Å². The summed E-state index contributed by atoms with van der Waals surface area (Å²) in [5.74, 6) is -2.23. The summed E-state index contributed by atoms with van der Waals surface area (Å²) < 4.78 is 0. The lowest BCUT2D eigenvalue weighted by molar-refractivity contribution is -0.129. The molecule has 7 nitrogen and oxygen atoms in total. The average molecular weight is 412 g/mol. The maximum atomic E-state index is 12.8. The number of hydrogen-bond donors (Lipinski definition) is 1. The zero-order valence-corrected chi connectivity index (χ0v) is 16.8. The standard InChI is InChI=1S/C21H20N2O5S/c1-14(24)22-19(25)13-12-18(20(26)15-8-10-17(29-2)11-9-15)23-28-21(27)16-6-4-3-5-7-16/h3-11H,12-13H2,1-2H3,(H,22,24,25). The number of carbonyl (C=O) groups is 4. The molecule has 1 N–H and O–H groups in total. The molecule has 0 spiro atoms. The first-order valence-electron chi connectivity index (χ1n) is 8.73. The second-order valence-corrected chi connectivity index (χ2v) is 6.82. The molecule has 2 aromatic rings. The number of rotatable bonds is 8. The number of hydrogen-bond acceptors (Lipinski definition) is 7. The maximum Gasteiger partial charge on any atom is 0.365 e. The van der Waals surface area contributed by atoms with Gasteiger partial charge in [-0.15, -0.1) is 11.8 Å². The van der Waals surface area contributed by atoms with Crippen LogP contribution in [0.15, 0.2) is 64.6 Å². The van der Waals surface area contributed by atoms with E-state index in [2.05, 4.69) is 10.5 Å².